The molecule has 0 aliphatic heterocycles. The Morgan fingerprint density at radius 1 is 1.03 bits per heavy atom. The van der Waals surface area contributed by atoms with Crippen LogP contribution in [0.25, 0.3) is 11.1 Å². The van der Waals surface area contributed by atoms with Crippen molar-refractivity contribution in [2.45, 2.75) is 57.9 Å². The Hall–Kier alpha value is -3.35. The first-order chi connectivity index (χ1) is 16.4. The van der Waals surface area contributed by atoms with E-state index < -0.39 is 12.1 Å². The monoisotopic (exact) mass is 466 g/mol. The van der Waals surface area contributed by atoms with Crippen LogP contribution in [0.2, 0.25) is 0 Å². The first-order valence-electron chi connectivity index (χ1n) is 12.1. The van der Waals surface area contributed by atoms with Crippen LogP contribution in [-0.4, -0.2) is 53.7 Å². The molecule has 3 rings (SSSR count). The van der Waals surface area contributed by atoms with Gasteiger partial charge < -0.3 is 20.1 Å². The molecule has 2 aromatic carbocycles. The van der Waals surface area contributed by atoms with Gasteiger partial charge in [0.05, 0.1) is 0 Å². The van der Waals surface area contributed by atoms with Crippen LogP contribution in [0.15, 0.2) is 48.5 Å². The first kappa shape index (κ1) is 25.3. The number of carbonyl (C=O) groups is 3. The number of carboxylic acids is 1. The van der Waals surface area contributed by atoms with Crippen molar-refractivity contribution in [2.24, 2.45) is 0 Å². The normalized spacial score (nSPS) is 13.0. The lowest BCUT2D eigenvalue weighted by Crippen LogP contribution is -2.41. The minimum Gasteiger partial charge on any atom is -0.481 e. The van der Waals surface area contributed by atoms with Crippen LogP contribution in [0.3, 0.4) is 0 Å². The van der Waals surface area contributed by atoms with Gasteiger partial charge in [-0.2, -0.15) is 0 Å². The molecule has 2 aromatic rings. The predicted octanol–water partition coefficient (Wildman–Crippen LogP) is 4.80. The van der Waals surface area contributed by atoms with Crippen molar-refractivity contribution in [3.05, 3.63) is 59.7 Å². The van der Waals surface area contributed by atoms with Crippen LogP contribution in [0.4, 0.5) is 4.79 Å². The van der Waals surface area contributed by atoms with Gasteiger partial charge in [-0.15, -0.1) is 0 Å². The molecule has 1 atom stereocenters. The molecule has 7 heteroatoms. The molecular formula is C27H34N2O5. The molecule has 34 heavy (non-hydrogen) atoms. The summed E-state index contributed by atoms with van der Waals surface area (Å²) in [5, 5.41) is 11.7. The first-order valence-corrected chi connectivity index (χ1v) is 12.1. The Morgan fingerprint density at radius 2 is 1.65 bits per heavy atom. The van der Waals surface area contributed by atoms with Crippen molar-refractivity contribution in [1.29, 1.82) is 0 Å². The Balaban J connectivity index is 1.57. The van der Waals surface area contributed by atoms with E-state index >= 15 is 0 Å². The molecule has 1 aliphatic rings. The molecule has 7 nitrogen and oxygen atoms in total. The zero-order chi connectivity index (χ0) is 24.5. The average molecular weight is 467 g/mol. The van der Waals surface area contributed by atoms with Crippen LogP contribution in [-0.2, 0) is 14.3 Å². The van der Waals surface area contributed by atoms with Crippen molar-refractivity contribution >= 4 is 18.0 Å². The van der Waals surface area contributed by atoms with Gasteiger partial charge in [0.15, 0.2) is 0 Å². The summed E-state index contributed by atoms with van der Waals surface area (Å²) in [6.07, 6.45) is 1.55. The molecule has 0 aromatic heterocycles. The topological polar surface area (TPSA) is 95.9 Å². The summed E-state index contributed by atoms with van der Waals surface area (Å²) in [7, 11) is 0. The number of aliphatic carboxylic acids is 1. The highest BCUT2D eigenvalue weighted by Crippen LogP contribution is 2.44. The van der Waals surface area contributed by atoms with Gasteiger partial charge >= 0.3 is 12.1 Å². The van der Waals surface area contributed by atoms with E-state index in [1.54, 1.807) is 4.90 Å². The number of ether oxygens (including phenoxy) is 1. The number of hydrogen-bond acceptors (Lipinski definition) is 4. The van der Waals surface area contributed by atoms with E-state index in [2.05, 4.69) is 29.6 Å². The number of nitrogens with zero attached hydrogens (tertiary/aromatic N) is 1. The molecule has 1 aliphatic carbocycles. The summed E-state index contributed by atoms with van der Waals surface area (Å²) in [5.41, 5.74) is 4.64. The molecule has 0 saturated carbocycles. The van der Waals surface area contributed by atoms with E-state index in [1.807, 2.05) is 38.1 Å². The van der Waals surface area contributed by atoms with Gasteiger partial charge in [-0.25, -0.2) is 4.79 Å². The molecule has 0 radical (unpaired) electrons. The van der Waals surface area contributed by atoms with Crippen LogP contribution >= 0.6 is 0 Å². The number of hydrogen-bond donors (Lipinski definition) is 2. The van der Waals surface area contributed by atoms with Gasteiger partial charge in [-0.05, 0) is 42.0 Å². The summed E-state index contributed by atoms with van der Waals surface area (Å²) in [6, 6.07) is 16.0. The van der Waals surface area contributed by atoms with Gasteiger partial charge in [0.1, 0.15) is 6.61 Å². The largest absolute Gasteiger partial charge is 0.481 e. The fourth-order valence-corrected chi connectivity index (χ4v) is 4.60. The maximum atomic E-state index is 12.7. The van der Waals surface area contributed by atoms with E-state index in [9.17, 15) is 14.4 Å². The third-order valence-corrected chi connectivity index (χ3v) is 6.28. The third-order valence-electron chi connectivity index (χ3n) is 6.28. The van der Waals surface area contributed by atoms with E-state index in [0.717, 1.165) is 17.5 Å². The zero-order valence-electron chi connectivity index (χ0n) is 20.0. The molecule has 0 bridgehead atoms. The number of rotatable bonds is 12. The molecule has 2 N–H and O–H groups in total. The fourth-order valence-electron chi connectivity index (χ4n) is 4.60. The lowest BCUT2D eigenvalue weighted by atomic mass is 9.98. The fraction of sp³-hybridized carbons (Fsp3) is 0.444. The maximum Gasteiger partial charge on any atom is 0.407 e. The van der Waals surface area contributed by atoms with Crippen molar-refractivity contribution in [1.82, 2.24) is 10.2 Å². The standard InChI is InChI=1S/C27H34N2O5/c1-3-10-19(17-25(30)29(4-2)16-9-15-26(31)32)28-27(33)34-18-24-22-13-7-5-11-20(22)21-12-6-8-14-23(21)24/h5-8,11-14,19,24H,3-4,9-10,15-18H2,1-2H3,(H,28,33)(H,31,32)/t19-/m0/s1. The van der Waals surface area contributed by atoms with E-state index in [-0.39, 0.29) is 37.3 Å². The van der Waals surface area contributed by atoms with Crippen molar-refractivity contribution in [3.8, 4) is 11.1 Å². The van der Waals surface area contributed by atoms with Crippen molar-refractivity contribution < 1.29 is 24.2 Å². The van der Waals surface area contributed by atoms with E-state index in [0.29, 0.717) is 25.9 Å². The minimum absolute atomic E-state index is 0.0192. The molecule has 0 unspecified atom stereocenters. The summed E-state index contributed by atoms with van der Waals surface area (Å²) in [6.45, 7) is 4.99. The number of carbonyl (C=O) groups excluding carboxylic acids is 2. The minimum atomic E-state index is -0.871. The number of alkyl carbamates (subject to hydrolysis) is 1. The summed E-state index contributed by atoms with van der Waals surface area (Å²) < 4.78 is 5.64. The molecule has 0 saturated heterocycles. The highest BCUT2D eigenvalue weighted by molar-refractivity contribution is 5.79. The molecule has 182 valence electrons. The summed E-state index contributed by atoms with van der Waals surface area (Å²) in [5.74, 6) is -0.983. The van der Waals surface area contributed by atoms with E-state index in [4.69, 9.17) is 9.84 Å². The van der Waals surface area contributed by atoms with Crippen LogP contribution in [0.1, 0.15) is 63.0 Å². The van der Waals surface area contributed by atoms with Crippen molar-refractivity contribution in [2.75, 3.05) is 19.7 Å². The van der Waals surface area contributed by atoms with Gasteiger partial charge in [0.2, 0.25) is 5.91 Å². The summed E-state index contributed by atoms with van der Waals surface area (Å²) >= 11 is 0. The number of amides is 2. The van der Waals surface area contributed by atoms with Crippen LogP contribution in [0, 0.1) is 0 Å². The van der Waals surface area contributed by atoms with Gasteiger partial charge in [-0.1, -0.05) is 61.9 Å². The highest BCUT2D eigenvalue weighted by Gasteiger charge is 2.29. The molecular weight excluding hydrogens is 432 g/mol. The lowest BCUT2D eigenvalue weighted by molar-refractivity contribution is -0.138. The number of fused-ring (bicyclic) bond motifs is 3. The zero-order valence-corrected chi connectivity index (χ0v) is 20.0. The van der Waals surface area contributed by atoms with Crippen LogP contribution in [0.5, 0.6) is 0 Å². The second-order valence-corrected chi connectivity index (χ2v) is 8.63. The molecule has 0 spiro atoms. The lowest BCUT2D eigenvalue weighted by Gasteiger charge is -2.24. The quantitative estimate of drug-likeness (QED) is 0.469. The maximum absolute atomic E-state index is 12.7. The predicted molar refractivity (Wildman–Crippen MR) is 131 cm³/mol. The second-order valence-electron chi connectivity index (χ2n) is 8.63. The molecule has 2 amide bonds. The van der Waals surface area contributed by atoms with Crippen molar-refractivity contribution in [3.63, 3.8) is 0 Å². The smallest absolute Gasteiger partial charge is 0.407 e. The second kappa shape index (κ2) is 12.2. The molecule has 0 fully saturated rings. The third kappa shape index (κ3) is 6.37. The number of benzene rings is 2. The van der Waals surface area contributed by atoms with Gasteiger partial charge in [-0.3, -0.25) is 9.59 Å². The highest BCUT2D eigenvalue weighted by atomic mass is 16.5. The Labute approximate surface area is 201 Å². The van der Waals surface area contributed by atoms with Crippen LogP contribution < -0.4 is 5.32 Å². The van der Waals surface area contributed by atoms with Gasteiger partial charge in [0.25, 0.3) is 0 Å². The number of nitrogens with one attached hydrogen (secondary N) is 1. The Morgan fingerprint density at radius 3 is 2.21 bits per heavy atom. The Bertz CT molecular complexity index is 961. The SMILES string of the molecule is CCC[C@@H](CC(=O)N(CC)CCCC(=O)O)NC(=O)OCC1c2ccccc2-c2ccccc21. The summed E-state index contributed by atoms with van der Waals surface area (Å²) in [4.78, 5) is 37.8. The van der Waals surface area contributed by atoms with E-state index in [1.165, 1.54) is 11.1 Å². The number of carboxylic acid groups (broad SMARTS) is 1. The van der Waals surface area contributed by atoms with Gasteiger partial charge in [0, 0.05) is 37.9 Å². The molecule has 0 heterocycles. The Kier molecular flexibility index (Phi) is 9.08. The average Bonchev–Trinajstić information content (AvgIpc) is 3.14.